The highest BCUT2D eigenvalue weighted by Gasteiger charge is 2.21. The van der Waals surface area contributed by atoms with Gasteiger partial charge in [0, 0.05) is 6.42 Å². The molecule has 0 aromatic heterocycles. The monoisotopic (exact) mass is 294 g/mol. The standard InChI is InChI=1S/C14H15O5P/c15-14(16)6-3-9-20(17,18)19-13-8-7-11-4-1-2-5-12(11)10-13/h1-2,4-5,7-8,10H,3,6,9H2,(H,15,16)(H,17,18). The second kappa shape index (κ2) is 6.07. The van der Waals surface area contributed by atoms with Gasteiger partial charge in [-0.3, -0.25) is 4.79 Å². The van der Waals surface area contributed by atoms with E-state index in [1.807, 2.05) is 30.3 Å². The van der Waals surface area contributed by atoms with Crippen LogP contribution in [0.25, 0.3) is 10.8 Å². The maximum Gasteiger partial charge on any atom is 0.376 e. The Morgan fingerprint density at radius 3 is 2.55 bits per heavy atom. The number of carboxylic acid groups (broad SMARTS) is 1. The molecule has 5 nitrogen and oxygen atoms in total. The summed E-state index contributed by atoms with van der Waals surface area (Å²) < 4.78 is 17.0. The Morgan fingerprint density at radius 1 is 1.15 bits per heavy atom. The molecule has 0 bridgehead atoms. The van der Waals surface area contributed by atoms with Crippen LogP contribution in [0, 0.1) is 0 Å². The Kier molecular flexibility index (Phi) is 4.42. The summed E-state index contributed by atoms with van der Waals surface area (Å²) in [6.45, 7) is 0. The predicted molar refractivity (Wildman–Crippen MR) is 76.1 cm³/mol. The lowest BCUT2D eigenvalue weighted by Gasteiger charge is -2.13. The van der Waals surface area contributed by atoms with Crippen molar-refractivity contribution in [2.75, 3.05) is 6.16 Å². The summed E-state index contributed by atoms with van der Waals surface area (Å²) in [5, 5.41) is 10.4. The van der Waals surface area contributed by atoms with E-state index in [0.29, 0.717) is 5.75 Å². The molecule has 0 amide bonds. The highest BCUT2D eigenvalue weighted by molar-refractivity contribution is 7.53. The first-order valence-corrected chi connectivity index (χ1v) is 7.94. The third-order valence-electron chi connectivity index (χ3n) is 2.80. The van der Waals surface area contributed by atoms with Crippen LogP contribution in [0.5, 0.6) is 5.75 Å². The molecule has 1 atom stereocenters. The molecule has 0 aliphatic carbocycles. The first kappa shape index (κ1) is 14.6. The molecular weight excluding hydrogens is 279 g/mol. The second-order valence-electron chi connectivity index (χ2n) is 4.46. The average Bonchev–Trinajstić information content (AvgIpc) is 2.37. The Morgan fingerprint density at radius 2 is 1.85 bits per heavy atom. The molecular formula is C14H15O5P. The number of fused-ring (bicyclic) bond motifs is 1. The van der Waals surface area contributed by atoms with Crippen LogP contribution >= 0.6 is 7.60 Å². The van der Waals surface area contributed by atoms with Gasteiger partial charge in [0.25, 0.3) is 0 Å². The number of hydrogen-bond donors (Lipinski definition) is 2. The van der Waals surface area contributed by atoms with Crippen LogP contribution in [0.15, 0.2) is 42.5 Å². The van der Waals surface area contributed by atoms with Gasteiger partial charge in [-0.25, -0.2) is 4.57 Å². The number of rotatable bonds is 6. The zero-order valence-corrected chi connectivity index (χ0v) is 11.6. The van der Waals surface area contributed by atoms with Crippen molar-refractivity contribution < 1.29 is 23.9 Å². The highest BCUT2D eigenvalue weighted by Crippen LogP contribution is 2.43. The van der Waals surface area contributed by atoms with E-state index in [-0.39, 0.29) is 19.0 Å². The van der Waals surface area contributed by atoms with E-state index in [0.717, 1.165) is 10.8 Å². The van der Waals surface area contributed by atoms with Crippen molar-refractivity contribution in [2.45, 2.75) is 12.8 Å². The van der Waals surface area contributed by atoms with Crippen molar-refractivity contribution in [2.24, 2.45) is 0 Å². The first-order chi connectivity index (χ1) is 9.46. The molecule has 2 N–H and O–H groups in total. The Balaban J connectivity index is 2.06. The van der Waals surface area contributed by atoms with Crippen molar-refractivity contribution in [1.29, 1.82) is 0 Å². The minimum absolute atomic E-state index is 0.108. The Bertz CT molecular complexity index is 667. The van der Waals surface area contributed by atoms with E-state index in [2.05, 4.69) is 0 Å². The van der Waals surface area contributed by atoms with Gasteiger partial charge in [-0.05, 0) is 29.3 Å². The number of benzene rings is 2. The quantitative estimate of drug-likeness (QED) is 0.799. The lowest BCUT2D eigenvalue weighted by molar-refractivity contribution is -0.137. The lowest BCUT2D eigenvalue weighted by Crippen LogP contribution is -2.01. The molecule has 20 heavy (non-hydrogen) atoms. The minimum atomic E-state index is -3.81. The molecule has 0 spiro atoms. The van der Waals surface area contributed by atoms with Gasteiger partial charge in [0.2, 0.25) is 0 Å². The van der Waals surface area contributed by atoms with Gasteiger partial charge in [-0.1, -0.05) is 30.3 Å². The lowest BCUT2D eigenvalue weighted by atomic mass is 10.1. The largest absolute Gasteiger partial charge is 0.481 e. The van der Waals surface area contributed by atoms with Crippen molar-refractivity contribution >= 4 is 24.3 Å². The molecule has 0 heterocycles. The first-order valence-electron chi connectivity index (χ1n) is 6.18. The van der Waals surface area contributed by atoms with Crippen molar-refractivity contribution in [3.05, 3.63) is 42.5 Å². The van der Waals surface area contributed by atoms with E-state index in [1.54, 1.807) is 12.1 Å². The SMILES string of the molecule is O=C(O)CCCP(=O)(O)Oc1ccc2ccccc2c1. The van der Waals surface area contributed by atoms with Crippen molar-refractivity contribution in [3.63, 3.8) is 0 Å². The van der Waals surface area contributed by atoms with E-state index < -0.39 is 13.6 Å². The average molecular weight is 294 g/mol. The fourth-order valence-electron chi connectivity index (χ4n) is 1.86. The number of carboxylic acids is 1. The van der Waals surface area contributed by atoms with Gasteiger partial charge < -0.3 is 14.5 Å². The van der Waals surface area contributed by atoms with Crippen LogP contribution in [0.4, 0.5) is 0 Å². The molecule has 2 aromatic carbocycles. The third kappa shape index (κ3) is 4.08. The Labute approximate surface area is 116 Å². The van der Waals surface area contributed by atoms with Crippen LogP contribution in [-0.4, -0.2) is 22.1 Å². The van der Waals surface area contributed by atoms with Gasteiger partial charge in [0.1, 0.15) is 5.75 Å². The molecule has 2 aromatic rings. The summed E-state index contributed by atoms with van der Waals surface area (Å²) in [4.78, 5) is 20.1. The van der Waals surface area contributed by atoms with Crippen LogP contribution in [0.3, 0.4) is 0 Å². The van der Waals surface area contributed by atoms with Crippen LogP contribution in [-0.2, 0) is 9.36 Å². The van der Waals surface area contributed by atoms with E-state index in [1.165, 1.54) is 0 Å². The summed E-state index contributed by atoms with van der Waals surface area (Å²) in [7, 11) is -3.81. The summed E-state index contributed by atoms with van der Waals surface area (Å²) in [5.41, 5.74) is 0. The fraction of sp³-hybridized carbons (Fsp3) is 0.214. The normalized spacial score (nSPS) is 13.8. The molecule has 0 aliphatic heterocycles. The van der Waals surface area contributed by atoms with Gasteiger partial charge in [0.05, 0.1) is 6.16 Å². The zero-order chi connectivity index (χ0) is 14.6. The molecule has 0 saturated carbocycles. The predicted octanol–water partition coefficient (Wildman–Crippen LogP) is 3.27. The minimum Gasteiger partial charge on any atom is -0.481 e. The molecule has 1 unspecified atom stereocenters. The van der Waals surface area contributed by atoms with Gasteiger partial charge >= 0.3 is 13.6 Å². The summed E-state index contributed by atoms with van der Waals surface area (Å²) in [6, 6.07) is 12.7. The maximum atomic E-state index is 11.8. The second-order valence-corrected chi connectivity index (χ2v) is 6.36. The molecule has 106 valence electrons. The molecule has 0 aliphatic rings. The zero-order valence-electron chi connectivity index (χ0n) is 10.7. The molecule has 2 rings (SSSR count). The fourth-order valence-corrected chi connectivity index (χ4v) is 2.96. The van der Waals surface area contributed by atoms with Crippen molar-refractivity contribution in [1.82, 2.24) is 0 Å². The van der Waals surface area contributed by atoms with Gasteiger partial charge in [-0.2, -0.15) is 0 Å². The maximum absolute atomic E-state index is 11.8. The smallest absolute Gasteiger partial charge is 0.376 e. The molecule has 0 radical (unpaired) electrons. The topological polar surface area (TPSA) is 83.8 Å². The highest BCUT2D eigenvalue weighted by atomic mass is 31.2. The summed E-state index contributed by atoms with van der Waals surface area (Å²) in [6.07, 6.45) is -0.214. The van der Waals surface area contributed by atoms with E-state index >= 15 is 0 Å². The number of hydrogen-bond acceptors (Lipinski definition) is 3. The van der Waals surface area contributed by atoms with Crippen LogP contribution < -0.4 is 4.52 Å². The molecule has 0 saturated heterocycles. The van der Waals surface area contributed by atoms with Gasteiger partial charge in [0.15, 0.2) is 0 Å². The summed E-state index contributed by atoms with van der Waals surface area (Å²) >= 11 is 0. The Hall–Kier alpha value is -1.84. The number of aliphatic carboxylic acids is 1. The van der Waals surface area contributed by atoms with E-state index in [9.17, 15) is 14.3 Å². The van der Waals surface area contributed by atoms with Crippen LogP contribution in [0.1, 0.15) is 12.8 Å². The van der Waals surface area contributed by atoms with Crippen molar-refractivity contribution in [3.8, 4) is 5.75 Å². The van der Waals surface area contributed by atoms with Crippen LogP contribution in [0.2, 0.25) is 0 Å². The number of carbonyl (C=O) groups is 1. The molecule has 0 fully saturated rings. The van der Waals surface area contributed by atoms with E-state index in [4.69, 9.17) is 9.63 Å². The summed E-state index contributed by atoms with van der Waals surface area (Å²) in [5.74, 6) is -0.680. The molecule has 6 heteroatoms. The van der Waals surface area contributed by atoms with Gasteiger partial charge in [-0.15, -0.1) is 0 Å². The third-order valence-corrected chi connectivity index (χ3v) is 4.18.